The number of piperazine rings is 1. The van der Waals surface area contributed by atoms with Crippen molar-refractivity contribution in [2.24, 2.45) is 5.73 Å². The third kappa shape index (κ3) is 4.14. The molecule has 160 valence electrons. The van der Waals surface area contributed by atoms with Gasteiger partial charge in [-0.3, -0.25) is 9.69 Å². The highest BCUT2D eigenvalue weighted by molar-refractivity contribution is 6.32. The summed E-state index contributed by atoms with van der Waals surface area (Å²) in [6, 6.07) is 3.12. The number of ether oxygens (including phenoxy) is 1. The zero-order chi connectivity index (χ0) is 21.6. The second kappa shape index (κ2) is 7.58. The average Bonchev–Trinajstić information content (AvgIpc) is 3.50. The van der Waals surface area contributed by atoms with Crippen LogP contribution in [0, 0.1) is 0 Å². The fraction of sp³-hybridized carbons (Fsp3) is 0.524. The van der Waals surface area contributed by atoms with Gasteiger partial charge in [-0.2, -0.15) is 0 Å². The predicted molar refractivity (Wildman–Crippen MR) is 115 cm³/mol. The largest absolute Gasteiger partial charge is 0.444 e. The highest BCUT2D eigenvalue weighted by Crippen LogP contribution is 2.45. The van der Waals surface area contributed by atoms with Crippen molar-refractivity contribution in [2.45, 2.75) is 51.2 Å². The number of amides is 2. The molecule has 2 heterocycles. The molecule has 1 aromatic heterocycles. The van der Waals surface area contributed by atoms with E-state index in [1.165, 1.54) is 11.2 Å². The first kappa shape index (κ1) is 20.7. The van der Waals surface area contributed by atoms with E-state index in [0.29, 0.717) is 24.8 Å². The van der Waals surface area contributed by atoms with Crippen LogP contribution >= 0.6 is 11.6 Å². The summed E-state index contributed by atoms with van der Waals surface area (Å²) in [6.07, 6.45) is 3.21. The second-order valence-corrected chi connectivity index (χ2v) is 9.31. The van der Waals surface area contributed by atoms with Crippen LogP contribution in [0.3, 0.4) is 0 Å². The summed E-state index contributed by atoms with van der Waals surface area (Å²) < 4.78 is 5.45. The van der Waals surface area contributed by atoms with Crippen molar-refractivity contribution < 1.29 is 14.3 Å². The van der Waals surface area contributed by atoms with Crippen LogP contribution in [0.15, 0.2) is 18.5 Å². The SMILES string of the molecule is CC(C)(C)OC(=O)N1CCN(c2ncnc3cc(Cl)c(C4CC4)cc23)CC1C(N)=O. The number of aromatic nitrogens is 2. The van der Waals surface area contributed by atoms with Crippen molar-refractivity contribution >= 4 is 40.3 Å². The summed E-state index contributed by atoms with van der Waals surface area (Å²) in [5.41, 5.74) is 6.84. The maximum atomic E-state index is 12.6. The van der Waals surface area contributed by atoms with Crippen molar-refractivity contribution in [2.75, 3.05) is 24.5 Å². The number of nitrogens with zero attached hydrogens (tertiary/aromatic N) is 4. The van der Waals surface area contributed by atoms with Crippen molar-refractivity contribution in [3.63, 3.8) is 0 Å². The lowest BCUT2D eigenvalue weighted by Gasteiger charge is -2.40. The van der Waals surface area contributed by atoms with Gasteiger partial charge in [0.2, 0.25) is 5.91 Å². The molecule has 0 bridgehead atoms. The Morgan fingerprint density at radius 1 is 1.20 bits per heavy atom. The van der Waals surface area contributed by atoms with Gasteiger partial charge in [0.05, 0.1) is 5.52 Å². The molecule has 2 N–H and O–H groups in total. The first-order valence-corrected chi connectivity index (χ1v) is 10.5. The second-order valence-electron chi connectivity index (χ2n) is 8.90. The number of carbonyl (C=O) groups is 2. The Morgan fingerprint density at radius 2 is 1.93 bits per heavy atom. The van der Waals surface area contributed by atoms with Crippen molar-refractivity contribution in [1.29, 1.82) is 0 Å². The van der Waals surface area contributed by atoms with E-state index in [1.54, 1.807) is 20.8 Å². The number of halogens is 1. The molecule has 2 fully saturated rings. The van der Waals surface area contributed by atoms with Crippen LogP contribution in [0.5, 0.6) is 0 Å². The number of hydrogen-bond donors (Lipinski definition) is 1. The van der Waals surface area contributed by atoms with E-state index in [4.69, 9.17) is 22.1 Å². The maximum Gasteiger partial charge on any atom is 0.411 e. The average molecular weight is 432 g/mol. The molecule has 2 amide bonds. The monoisotopic (exact) mass is 431 g/mol. The van der Waals surface area contributed by atoms with Crippen molar-refractivity contribution in [3.05, 3.63) is 29.0 Å². The molecular formula is C21H26ClN5O3. The van der Waals surface area contributed by atoms with Gasteiger partial charge in [0.15, 0.2) is 0 Å². The smallest absolute Gasteiger partial charge is 0.411 e. The molecule has 1 aliphatic heterocycles. The van der Waals surface area contributed by atoms with Gasteiger partial charge in [-0.1, -0.05) is 11.6 Å². The molecule has 1 saturated heterocycles. The van der Waals surface area contributed by atoms with Gasteiger partial charge in [-0.25, -0.2) is 14.8 Å². The lowest BCUT2D eigenvalue weighted by molar-refractivity contribution is -0.123. The van der Waals surface area contributed by atoms with Gasteiger partial charge < -0.3 is 15.4 Å². The van der Waals surface area contributed by atoms with Gasteiger partial charge in [0, 0.05) is 30.0 Å². The highest BCUT2D eigenvalue weighted by Gasteiger charge is 2.37. The van der Waals surface area contributed by atoms with Gasteiger partial charge >= 0.3 is 6.09 Å². The first-order valence-electron chi connectivity index (χ1n) is 10.1. The van der Waals surface area contributed by atoms with Crippen LogP contribution in [-0.4, -0.2) is 58.1 Å². The van der Waals surface area contributed by atoms with Crippen LogP contribution in [0.1, 0.15) is 45.1 Å². The summed E-state index contributed by atoms with van der Waals surface area (Å²) in [5, 5.41) is 1.61. The summed E-state index contributed by atoms with van der Waals surface area (Å²) in [7, 11) is 0. The Labute approximate surface area is 180 Å². The standard InChI is InChI=1S/C21H26ClN5O3/c1-21(2,3)30-20(29)27-7-6-26(10-17(27)18(23)28)19-14-8-13(12-4-5-12)15(22)9-16(14)24-11-25-19/h8-9,11-12,17H,4-7,10H2,1-3H3,(H2,23,28). The molecule has 0 radical (unpaired) electrons. The molecule has 1 atom stereocenters. The summed E-state index contributed by atoms with van der Waals surface area (Å²) in [6.45, 7) is 6.40. The minimum absolute atomic E-state index is 0.238. The van der Waals surface area contributed by atoms with Crippen LogP contribution in [0.4, 0.5) is 10.6 Å². The van der Waals surface area contributed by atoms with Crippen LogP contribution < -0.4 is 10.6 Å². The van der Waals surface area contributed by atoms with E-state index in [2.05, 4.69) is 16.0 Å². The number of benzene rings is 1. The Balaban J connectivity index is 1.64. The molecule has 1 unspecified atom stereocenters. The summed E-state index contributed by atoms with van der Waals surface area (Å²) >= 11 is 6.45. The first-order chi connectivity index (χ1) is 14.1. The van der Waals surface area contributed by atoms with E-state index in [0.717, 1.165) is 34.3 Å². The summed E-state index contributed by atoms with van der Waals surface area (Å²) in [4.78, 5) is 37.0. The lowest BCUT2D eigenvalue weighted by Crippen LogP contribution is -2.60. The van der Waals surface area contributed by atoms with Gasteiger partial charge in [-0.15, -0.1) is 0 Å². The Bertz CT molecular complexity index is 1000. The van der Waals surface area contributed by atoms with Gasteiger partial charge in [-0.05, 0) is 57.2 Å². The summed E-state index contributed by atoms with van der Waals surface area (Å²) in [5.74, 6) is 0.622. The zero-order valence-corrected chi connectivity index (χ0v) is 18.1. The molecule has 8 nitrogen and oxygen atoms in total. The van der Waals surface area contributed by atoms with E-state index >= 15 is 0 Å². The maximum absolute atomic E-state index is 12.6. The van der Waals surface area contributed by atoms with E-state index < -0.39 is 23.6 Å². The van der Waals surface area contributed by atoms with Crippen LogP contribution in [0.25, 0.3) is 10.9 Å². The van der Waals surface area contributed by atoms with E-state index in [1.807, 2.05) is 11.0 Å². The third-order valence-electron chi connectivity index (χ3n) is 5.39. The van der Waals surface area contributed by atoms with E-state index in [-0.39, 0.29) is 6.54 Å². The normalized spacial score (nSPS) is 19.8. The molecule has 4 rings (SSSR count). The van der Waals surface area contributed by atoms with Gasteiger partial charge in [0.1, 0.15) is 23.8 Å². The van der Waals surface area contributed by atoms with Crippen molar-refractivity contribution in [1.82, 2.24) is 14.9 Å². The fourth-order valence-electron chi connectivity index (χ4n) is 3.80. The number of nitrogens with two attached hydrogens (primary N) is 1. The molecule has 2 aliphatic rings. The highest BCUT2D eigenvalue weighted by atomic mass is 35.5. The molecule has 1 aliphatic carbocycles. The lowest BCUT2D eigenvalue weighted by atomic mass is 10.1. The number of primary amides is 1. The number of rotatable bonds is 3. The molecule has 0 spiro atoms. The Kier molecular flexibility index (Phi) is 5.22. The Hall–Kier alpha value is -2.61. The molecule has 1 aromatic carbocycles. The molecule has 2 aromatic rings. The predicted octanol–water partition coefficient (Wildman–Crippen LogP) is 3.07. The number of hydrogen-bond acceptors (Lipinski definition) is 6. The molecule has 30 heavy (non-hydrogen) atoms. The minimum Gasteiger partial charge on any atom is -0.444 e. The van der Waals surface area contributed by atoms with E-state index in [9.17, 15) is 9.59 Å². The number of fused-ring (bicyclic) bond motifs is 1. The Morgan fingerprint density at radius 3 is 2.57 bits per heavy atom. The fourth-order valence-corrected chi connectivity index (χ4v) is 4.11. The van der Waals surface area contributed by atoms with Crippen LogP contribution in [-0.2, 0) is 9.53 Å². The van der Waals surface area contributed by atoms with Crippen molar-refractivity contribution in [3.8, 4) is 0 Å². The molecule has 1 saturated carbocycles. The quantitative estimate of drug-likeness (QED) is 0.801. The number of anilines is 1. The minimum atomic E-state index is -0.811. The number of carbonyl (C=O) groups excluding carboxylic acids is 2. The third-order valence-corrected chi connectivity index (χ3v) is 5.71. The van der Waals surface area contributed by atoms with Crippen LogP contribution in [0.2, 0.25) is 5.02 Å². The molecule has 9 heteroatoms. The van der Waals surface area contributed by atoms with Gasteiger partial charge in [0.25, 0.3) is 0 Å². The molecular weight excluding hydrogens is 406 g/mol. The zero-order valence-electron chi connectivity index (χ0n) is 17.4. The topological polar surface area (TPSA) is 102 Å².